The summed E-state index contributed by atoms with van der Waals surface area (Å²) in [7, 11) is 0. The molecule has 0 radical (unpaired) electrons. The molecule has 1 unspecified atom stereocenters. The van der Waals surface area contributed by atoms with E-state index in [2.05, 4.69) is 27.2 Å². The minimum atomic E-state index is -0.522. The van der Waals surface area contributed by atoms with E-state index in [4.69, 9.17) is 4.52 Å². The van der Waals surface area contributed by atoms with E-state index in [0.29, 0.717) is 24.8 Å². The van der Waals surface area contributed by atoms with Crippen molar-refractivity contribution in [3.63, 3.8) is 0 Å². The Bertz CT molecular complexity index is 713. The number of aromatic nitrogens is 2. The van der Waals surface area contributed by atoms with Gasteiger partial charge in [0.1, 0.15) is 6.10 Å². The van der Waals surface area contributed by atoms with E-state index in [1.807, 2.05) is 35.7 Å². The molecule has 3 aromatic rings. The van der Waals surface area contributed by atoms with E-state index in [-0.39, 0.29) is 0 Å². The largest absolute Gasteiger partial charge is 0.386 e. The zero-order chi connectivity index (χ0) is 16.1. The predicted octanol–water partition coefficient (Wildman–Crippen LogP) is 3.18. The SMILES string of the molecule is Cc1nc(CN(Cc2ccccc2)CC(O)c2cccs2)no1. The molecule has 0 amide bonds. The number of aryl methyl sites for hydroxylation is 1. The normalized spacial score (nSPS) is 12.7. The Kier molecular flexibility index (Phi) is 5.17. The second kappa shape index (κ2) is 7.50. The molecule has 0 aliphatic rings. The van der Waals surface area contributed by atoms with Gasteiger partial charge in [-0.15, -0.1) is 11.3 Å². The van der Waals surface area contributed by atoms with Crippen molar-refractivity contribution in [1.82, 2.24) is 15.0 Å². The lowest BCUT2D eigenvalue weighted by Crippen LogP contribution is -2.28. The molecule has 0 fully saturated rings. The predicted molar refractivity (Wildman–Crippen MR) is 88.9 cm³/mol. The number of aliphatic hydroxyl groups excluding tert-OH is 1. The smallest absolute Gasteiger partial charge is 0.223 e. The Hall–Kier alpha value is -2.02. The van der Waals surface area contributed by atoms with Gasteiger partial charge >= 0.3 is 0 Å². The van der Waals surface area contributed by atoms with Crippen molar-refractivity contribution in [3.05, 3.63) is 70.0 Å². The van der Waals surface area contributed by atoms with Crippen LogP contribution in [0.25, 0.3) is 0 Å². The van der Waals surface area contributed by atoms with Gasteiger partial charge in [-0.1, -0.05) is 41.6 Å². The zero-order valence-electron chi connectivity index (χ0n) is 12.9. The van der Waals surface area contributed by atoms with Crippen LogP contribution in [0, 0.1) is 6.92 Å². The molecular weight excluding hydrogens is 310 g/mol. The van der Waals surface area contributed by atoms with Crippen LogP contribution in [-0.4, -0.2) is 26.7 Å². The van der Waals surface area contributed by atoms with Crippen LogP contribution in [0.15, 0.2) is 52.4 Å². The Labute approximate surface area is 139 Å². The third kappa shape index (κ3) is 4.48. The van der Waals surface area contributed by atoms with Crippen LogP contribution in [-0.2, 0) is 13.1 Å². The monoisotopic (exact) mass is 329 g/mol. The van der Waals surface area contributed by atoms with Crippen molar-refractivity contribution >= 4 is 11.3 Å². The number of benzene rings is 1. The molecule has 0 saturated carbocycles. The van der Waals surface area contributed by atoms with Crippen LogP contribution in [0.2, 0.25) is 0 Å². The maximum atomic E-state index is 10.4. The van der Waals surface area contributed by atoms with Gasteiger partial charge in [-0.25, -0.2) is 0 Å². The Morgan fingerprint density at radius 2 is 2.00 bits per heavy atom. The van der Waals surface area contributed by atoms with Crippen molar-refractivity contribution < 1.29 is 9.63 Å². The van der Waals surface area contributed by atoms with E-state index in [1.54, 1.807) is 18.3 Å². The van der Waals surface area contributed by atoms with Crippen molar-refractivity contribution in [3.8, 4) is 0 Å². The van der Waals surface area contributed by atoms with Crippen LogP contribution in [0.5, 0.6) is 0 Å². The number of hydrogen-bond donors (Lipinski definition) is 1. The molecule has 2 heterocycles. The molecule has 0 aliphatic heterocycles. The van der Waals surface area contributed by atoms with Crippen molar-refractivity contribution in [1.29, 1.82) is 0 Å². The van der Waals surface area contributed by atoms with Gasteiger partial charge < -0.3 is 9.63 Å². The van der Waals surface area contributed by atoms with E-state index >= 15 is 0 Å². The molecule has 120 valence electrons. The van der Waals surface area contributed by atoms with Crippen LogP contribution >= 0.6 is 11.3 Å². The lowest BCUT2D eigenvalue weighted by Gasteiger charge is -2.23. The summed E-state index contributed by atoms with van der Waals surface area (Å²) in [6.07, 6.45) is -0.522. The van der Waals surface area contributed by atoms with Crippen LogP contribution < -0.4 is 0 Å². The molecule has 6 heteroatoms. The minimum Gasteiger partial charge on any atom is -0.386 e. The number of nitrogens with zero attached hydrogens (tertiary/aromatic N) is 3. The average Bonchev–Trinajstić information content (AvgIpc) is 3.20. The molecule has 1 N–H and O–H groups in total. The number of hydrogen-bond acceptors (Lipinski definition) is 6. The topological polar surface area (TPSA) is 62.4 Å². The summed E-state index contributed by atoms with van der Waals surface area (Å²) in [5.74, 6) is 1.19. The van der Waals surface area contributed by atoms with E-state index < -0.39 is 6.10 Å². The molecule has 2 aromatic heterocycles. The molecule has 0 bridgehead atoms. The summed E-state index contributed by atoms with van der Waals surface area (Å²) in [6.45, 7) is 3.55. The highest BCUT2D eigenvalue weighted by molar-refractivity contribution is 7.10. The van der Waals surface area contributed by atoms with Gasteiger partial charge in [0.15, 0.2) is 5.82 Å². The molecule has 0 spiro atoms. The summed E-state index contributed by atoms with van der Waals surface area (Å²) in [6, 6.07) is 14.1. The Morgan fingerprint density at radius 3 is 2.65 bits per heavy atom. The lowest BCUT2D eigenvalue weighted by atomic mass is 10.2. The van der Waals surface area contributed by atoms with Gasteiger partial charge in [-0.05, 0) is 17.0 Å². The first-order valence-corrected chi connectivity index (χ1v) is 8.35. The molecular formula is C17H19N3O2S. The standard InChI is InChI=1S/C17H19N3O2S/c1-13-18-17(19-22-13)12-20(10-14-6-3-2-4-7-14)11-15(21)16-8-5-9-23-16/h2-9,15,21H,10-12H2,1H3. The summed E-state index contributed by atoms with van der Waals surface area (Å²) in [5.41, 5.74) is 1.19. The number of rotatable bonds is 7. The fraction of sp³-hybridized carbons (Fsp3) is 0.294. The van der Waals surface area contributed by atoms with E-state index in [0.717, 1.165) is 11.4 Å². The second-order valence-corrected chi connectivity index (χ2v) is 6.40. The van der Waals surface area contributed by atoms with Crippen molar-refractivity contribution in [2.24, 2.45) is 0 Å². The first-order valence-electron chi connectivity index (χ1n) is 7.47. The van der Waals surface area contributed by atoms with E-state index in [9.17, 15) is 5.11 Å². The maximum absolute atomic E-state index is 10.4. The molecule has 1 aromatic carbocycles. The third-order valence-corrected chi connectivity index (χ3v) is 4.46. The van der Waals surface area contributed by atoms with Gasteiger partial charge in [0, 0.05) is 24.9 Å². The number of thiophene rings is 1. The summed E-state index contributed by atoms with van der Waals surface area (Å²) >= 11 is 1.56. The minimum absolute atomic E-state index is 0.517. The lowest BCUT2D eigenvalue weighted by molar-refractivity contribution is 0.105. The molecule has 0 saturated heterocycles. The van der Waals surface area contributed by atoms with Crippen LogP contribution in [0.3, 0.4) is 0 Å². The first-order chi connectivity index (χ1) is 11.2. The highest BCUT2D eigenvalue weighted by Crippen LogP contribution is 2.21. The molecule has 5 nitrogen and oxygen atoms in total. The molecule has 1 atom stereocenters. The average molecular weight is 329 g/mol. The van der Waals surface area contributed by atoms with Crippen molar-refractivity contribution in [2.45, 2.75) is 26.1 Å². The molecule has 0 aliphatic carbocycles. The van der Waals surface area contributed by atoms with Gasteiger partial charge in [-0.2, -0.15) is 4.98 Å². The second-order valence-electron chi connectivity index (χ2n) is 5.42. The van der Waals surface area contributed by atoms with Gasteiger partial charge in [0.05, 0.1) is 6.54 Å². The highest BCUT2D eigenvalue weighted by Gasteiger charge is 2.17. The molecule has 23 heavy (non-hydrogen) atoms. The van der Waals surface area contributed by atoms with Crippen molar-refractivity contribution in [2.75, 3.05) is 6.54 Å². The summed E-state index contributed by atoms with van der Waals surface area (Å²) < 4.78 is 5.04. The Morgan fingerprint density at radius 1 is 1.17 bits per heavy atom. The maximum Gasteiger partial charge on any atom is 0.223 e. The molecule has 3 rings (SSSR count). The summed E-state index contributed by atoms with van der Waals surface area (Å²) in [4.78, 5) is 7.36. The van der Waals surface area contributed by atoms with E-state index in [1.165, 1.54) is 5.56 Å². The third-order valence-electron chi connectivity index (χ3n) is 3.49. The highest BCUT2D eigenvalue weighted by atomic mass is 32.1. The summed E-state index contributed by atoms with van der Waals surface area (Å²) in [5, 5.41) is 16.4. The fourth-order valence-electron chi connectivity index (χ4n) is 2.45. The fourth-order valence-corrected chi connectivity index (χ4v) is 3.15. The quantitative estimate of drug-likeness (QED) is 0.721. The zero-order valence-corrected chi connectivity index (χ0v) is 13.7. The Balaban J connectivity index is 1.72. The van der Waals surface area contributed by atoms with Gasteiger partial charge in [-0.3, -0.25) is 4.90 Å². The van der Waals surface area contributed by atoms with Gasteiger partial charge in [0.25, 0.3) is 0 Å². The van der Waals surface area contributed by atoms with Gasteiger partial charge in [0.2, 0.25) is 5.89 Å². The van der Waals surface area contributed by atoms with Crippen LogP contribution in [0.4, 0.5) is 0 Å². The number of aliphatic hydroxyl groups is 1. The van der Waals surface area contributed by atoms with Crippen LogP contribution in [0.1, 0.15) is 28.3 Å². The first kappa shape index (κ1) is 15.9.